The molecule has 1 saturated carbocycles. The lowest BCUT2D eigenvalue weighted by atomic mass is 9.76. The van der Waals surface area contributed by atoms with Crippen molar-refractivity contribution in [3.63, 3.8) is 0 Å². The van der Waals surface area contributed by atoms with Crippen molar-refractivity contribution in [3.05, 3.63) is 0 Å². The number of rotatable bonds is 3. The molecule has 4 heteroatoms. The average molecular weight is 254 g/mol. The van der Waals surface area contributed by atoms with E-state index >= 15 is 0 Å². The molecule has 1 aliphatic heterocycles. The van der Waals surface area contributed by atoms with Gasteiger partial charge in [-0.3, -0.25) is 4.79 Å². The van der Waals surface area contributed by atoms with Crippen molar-refractivity contribution in [3.8, 4) is 0 Å². The molecule has 0 bridgehead atoms. The fourth-order valence-electron chi connectivity index (χ4n) is 3.18. The van der Waals surface area contributed by atoms with Gasteiger partial charge in [0.05, 0.1) is 12.1 Å². The lowest BCUT2D eigenvalue weighted by Crippen LogP contribution is -2.57. The van der Waals surface area contributed by atoms with E-state index in [9.17, 15) is 4.79 Å². The smallest absolute Gasteiger partial charge is 0.240 e. The molecule has 18 heavy (non-hydrogen) atoms. The van der Waals surface area contributed by atoms with Gasteiger partial charge < -0.3 is 15.8 Å². The van der Waals surface area contributed by atoms with Crippen molar-refractivity contribution in [2.75, 3.05) is 19.8 Å². The molecule has 0 radical (unpaired) electrons. The van der Waals surface area contributed by atoms with E-state index in [-0.39, 0.29) is 5.91 Å². The first-order valence-corrected chi connectivity index (χ1v) is 7.25. The summed E-state index contributed by atoms with van der Waals surface area (Å²) >= 11 is 0. The Morgan fingerprint density at radius 3 is 2.94 bits per heavy atom. The van der Waals surface area contributed by atoms with E-state index in [1.165, 1.54) is 6.42 Å². The molecule has 1 heterocycles. The summed E-state index contributed by atoms with van der Waals surface area (Å²) in [5.74, 6) is 1.07. The van der Waals surface area contributed by atoms with Crippen molar-refractivity contribution < 1.29 is 9.53 Å². The standard InChI is InChI=1S/C14H26N2O2/c1-11-4-2-6-14(15,8-11)13(17)16-9-12-5-3-7-18-10-12/h11-12H,2-10,15H2,1H3,(H,16,17). The Morgan fingerprint density at radius 1 is 1.44 bits per heavy atom. The number of nitrogens with two attached hydrogens (primary N) is 1. The molecular weight excluding hydrogens is 228 g/mol. The van der Waals surface area contributed by atoms with Crippen LogP contribution in [0, 0.1) is 11.8 Å². The summed E-state index contributed by atoms with van der Waals surface area (Å²) in [5.41, 5.74) is 5.63. The highest BCUT2D eigenvalue weighted by atomic mass is 16.5. The third kappa shape index (κ3) is 3.45. The molecule has 3 atom stereocenters. The van der Waals surface area contributed by atoms with Gasteiger partial charge in [-0.2, -0.15) is 0 Å². The number of hydrogen-bond acceptors (Lipinski definition) is 3. The van der Waals surface area contributed by atoms with Crippen LogP contribution in [0.3, 0.4) is 0 Å². The molecule has 4 nitrogen and oxygen atoms in total. The lowest BCUT2D eigenvalue weighted by molar-refractivity contribution is -0.128. The van der Waals surface area contributed by atoms with Crippen LogP contribution < -0.4 is 11.1 Å². The van der Waals surface area contributed by atoms with Gasteiger partial charge in [-0.1, -0.05) is 19.8 Å². The minimum absolute atomic E-state index is 0.0413. The fraction of sp³-hybridized carbons (Fsp3) is 0.929. The van der Waals surface area contributed by atoms with Crippen LogP contribution in [0.15, 0.2) is 0 Å². The number of ether oxygens (including phenoxy) is 1. The summed E-state index contributed by atoms with van der Waals surface area (Å²) in [5, 5.41) is 3.04. The number of carbonyl (C=O) groups excluding carboxylic acids is 1. The molecular formula is C14H26N2O2. The molecule has 2 rings (SSSR count). The van der Waals surface area contributed by atoms with Crippen molar-refractivity contribution in [1.29, 1.82) is 0 Å². The van der Waals surface area contributed by atoms with Crippen LogP contribution in [0.4, 0.5) is 0 Å². The van der Waals surface area contributed by atoms with Crippen LogP contribution in [0.25, 0.3) is 0 Å². The lowest BCUT2D eigenvalue weighted by Gasteiger charge is -2.35. The second-order valence-electron chi connectivity index (χ2n) is 6.15. The third-order valence-electron chi connectivity index (χ3n) is 4.29. The van der Waals surface area contributed by atoms with E-state index in [1.807, 2.05) is 0 Å². The minimum Gasteiger partial charge on any atom is -0.381 e. The third-order valence-corrected chi connectivity index (χ3v) is 4.29. The molecule has 1 saturated heterocycles. The number of hydrogen-bond donors (Lipinski definition) is 2. The zero-order chi connectivity index (χ0) is 13.0. The maximum absolute atomic E-state index is 12.2. The van der Waals surface area contributed by atoms with Crippen molar-refractivity contribution >= 4 is 5.91 Å². The van der Waals surface area contributed by atoms with Gasteiger partial charge in [0.2, 0.25) is 5.91 Å². The highest BCUT2D eigenvalue weighted by molar-refractivity contribution is 5.86. The monoisotopic (exact) mass is 254 g/mol. The van der Waals surface area contributed by atoms with Crippen LogP contribution in [0.1, 0.15) is 45.4 Å². The maximum atomic E-state index is 12.2. The molecule has 3 N–H and O–H groups in total. The van der Waals surface area contributed by atoms with Crippen molar-refractivity contribution in [2.24, 2.45) is 17.6 Å². The predicted molar refractivity (Wildman–Crippen MR) is 71.1 cm³/mol. The fourth-order valence-corrected chi connectivity index (χ4v) is 3.18. The van der Waals surface area contributed by atoms with Gasteiger partial charge >= 0.3 is 0 Å². The summed E-state index contributed by atoms with van der Waals surface area (Å²) in [6, 6.07) is 0. The first-order valence-electron chi connectivity index (χ1n) is 7.25. The van der Waals surface area contributed by atoms with Crippen LogP contribution in [0.5, 0.6) is 0 Å². The minimum atomic E-state index is -0.632. The van der Waals surface area contributed by atoms with E-state index < -0.39 is 5.54 Å². The molecule has 0 spiro atoms. The first-order chi connectivity index (χ1) is 8.60. The summed E-state index contributed by atoms with van der Waals surface area (Å²) in [6.07, 6.45) is 6.16. The number of carbonyl (C=O) groups is 1. The highest BCUT2D eigenvalue weighted by Gasteiger charge is 2.37. The quantitative estimate of drug-likeness (QED) is 0.801. The second kappa shape index (κ2) is 6.02. The summed E-state index contributed by atoms with van der Waals surface area (Å²) in [7, 11) is 0. The zero-order valence-electron chi connectivity index (χ0n) is 11.4. The zero-order valence-corrected chi connectivity index (χ0v) is 11.4. The van der Waals surface area contributed by atoms with Gasteiger partial charge in [-0.05, 0) is 37.5 Å². The topological polar surface area (TPSA) is 64.4 Å². The van der Waals surface area contributed by atoms with Gasteiger partial charge in [0.1, 0.15) is 0 Å². The van der Waals surface area contributed by atoms with E-state index in [0.717, 1.165) is 45.3 Å². The van der Waals surface area contributed by atoms with Gasteiger partial charge in [0, 0.05) is 13.2 Å². The SMILES string of the molecule is CC1CCCC(N)(C(=O)NCC2CCCOC2)C1. The molecule has 1 amide bonds. The molecule has 0 aromatic heterocycles. The molecule has 3 unspecified atom stereocenters. The van der Waals surface area contributed by atoms with Crippen LogP contribution in [-0.2, 0) is 9.53 Å². The molecule has 2 fully saturated rings. The number of amides is 1. The van der Waals surface area contributed by atoms with E-state index in [0.29, 0.717) is 18.4 Å². The van der Waals surface area contributed by atoms with Crippen molar-refractivity contribution in [2.45, 2.75) is 51.0 Å². The van der Waals surface area contributed by atoms with Crippen LogP contribution in [0.2, 0.25) is 0 Å². The Hall–Kier alpha value is -0.610. The largest absolute Gasteiger partial charge is 0.381 e. The molecule has 1 aliphatic carbocycles. The van der Waals surface area contributed by atoms with Gasteiger partial charge in [0.25, 0.3) is 0 Å². The Bertz CT molecular complexity index is 290. The predicted octanol–water partition coefficient (Wildman–Crippen LogP) is 1.44. The molecule has 0 aromatic carbocycles. The first kappa shape index (κ1) is 13.8. The second-order valence-corrected chi connectivity index (χ2v) is 6.15. The van der Waals surface area contributed by atoms with Crippen LogP contribution in [-0.4, -0.2) is 31.2 Å². The maximum Gasteiger partial charge on any atom is 0.240 e. The van der Waals surface area contributed by atoms with Gasteiger partial charge in [0.15, 0.2) is 0 Å². The number of nitrogens with one attached hydrogen (secondary N) is 1. The van der Waals surface area contributed by atoms with E-state index in [2.05, 4.69) is 12.2 Å². The normalized spacial score (nSPS) is 37.2. The summed E-state index contributed by atoms with van der Waals surface area (Å²) in [6.45, 7) is 4.53. The Kier molecular flexibility index (Phi) is 4.62. The average Bonchev–Trinajstić information content (AvgIpc) is 2.37. The van der Waals surface area contributed by atoms with E-state index in [4.69, 9.17) is 10.5 Å². The summed E-state index contributed by atoms with van der Waals surface area (Å²) in [4.78, 5) is 12.2. The van der Waals surface area contributed by atoms with Crippen molar-refractivity contribution in [1.82, 2.24) is 5.32 Å². The Labute approximate surface area is 110 Å². The Morgan fingerprint density at radius 2 is 2.28 bits per heavy atom. The molecule has 0 aromatic rings. The van der Waals surface area contributed by atoms with E-state index in [1.54, 1.807) is 0 Å². The van der Waals surface area contributed by atoms with Gasteiger partial charge in [-0.25, -0.2) is 0 Å². The molecule has 2 aliphatic rings. The molecule has 104 valence electrons. The van der Waals surface area contributed by atoms with Crippen LogP contribution >= 0.6 is 0 Å². The van der Waals surface area contributed by atoms with Gasteiger partial charge in [-0.15, -0.1) is 0 Å². The Balaban J connectivity index is 1.79. The highest BCUT2D eigenvalue weighted by Crippen LogP contribution is 2.30. The summed E-state index contributed by atoms with van der Waals surface area (Å²) < 4.78 is 5.42.